The predicted molar refractivity (Wildman–Crippen MR) is 82.3 cm³/mol. The summed E-state index contributed by atoms with van der Waals surface area (Å²) >= 11 is 0. The van der Waals surface area contributed by atoms with Gasteiger partial charge >= 0.3 is 0 Å². The molecule has 0 aliphatic rings. The zero-order chi connectivity index (χ0) is 13.9. The highest BCUT2D eigenvalue weighted by Gasteiger charge is 2.10. The van der Waals surface area contributed by atoms with Crippen molar-refractivity contribution in [2.75, 3.05) is 0 Å². The lowest BCUT2D eigenvalue weighted by Crippen LogP contribution is -1.97. The van der Waals surface area contributed by atoms with Gasteiger partial charge in [0.2, 0.25) is 5.88 Å². The summed E-state index contributed by atoms with van der Waals surface area (Å²) in [5.74, 6) is 1.82. The maximum atomic E-state index is 5.87. The van der Waals surface area contributed by atoms with Crippen molar-refractivity contribution in [2.45, 2.75) is 19.8 Å². The topological polar surface area (TPSA) is 22.1 Å². The van der Waals surface area contributed by atoms with Crippen molar-refractivity contribution in [2.24, 2.45) is 0 Å². The summed E-state index contributed by atoms with van der Waals surface area (Å²) in [4.78, 5) is 4.67. The Kier molecular flexibility index (Phi) is 3.38. The van der Waals surface area contributed by atoms with E-state index in [4.69, 9.17) is 4.74 Å². The fourth-order valence-electron chi connectivity index (χ4n) is 2.30. The van der Waals surface area contributed by atoms with E-state index in [9.17, 15) is 0 Å². The molecule has 0 radical (unpaired) electrons. The van der Waals surface area contributed by atoms with Crippen molar-refractivity contribution < 1.29 is 4.74 Å². The van der Waals surface area contributed by atoms with E-state index >= 15 is 0 Å². The minimum atomic E-state index is 0.360. The molecule has 2 aromatic carbocycles. The highest BCUT2D eigenvalue weighted by Crippen LogP contribution is 2.29. The van der Waals surface area contributed by atoms with E-state index in [1.807, 2.05) is 48.5 Å². The first-order valence-corrected chi connectivity index (χ1v) is 6.86. The molecule has 0 fully saturated rings. The SMILES string of the molecule is CC(C)c1nc(Oc2ccccc2)cc2ccccc12. The van der Waals surface area contributed by atoms with Gasteiger partial charge < -0.3 is 4.74 Å². The van der Waals surface area contributed by atoms with Crippen LogP contribution < -0.4 is 4.74 Å². The smallest absolute Gasteiger partial charge is 0.220 e. The highest BCUT2D eigenvalue weighted by molar-refractivity contribution is 5.85. The van der Waals surface area contributed by atoms with Crippen LogP contribution in [0.1, 0.15) is 25.5 Å². The number of benzene rings is 2. The summed E-state index contributed by atoms with van der Waals surface area (Å²) < 4.78 is 5.87. The molecule has 0 spiro atoms. The van der Waals surface area contributed by atoms with E-state index in [-0.39, 0.29) is 0 Å². The molecule has 0 unspecified atom stereocenters. The van der Waals surface area contributed by atoms with Crippen molar-refractivity contribution in [1.29, 1.82) is 0 Å². The van der Waals surface area contributed by atoms with E-state index < -0.39 is 0 Å². The van der Waals surface area contributed by atoms with Crippen LogP contribution in [0.5, 0.6) is 11.6 Å². The lowest BCUT2D eigenvalue weighted by atomic mass is 10.0. The summed E-state index contributed by atoms with van der Waals surface area (Å²) in [6.07, 6.45) is 0. The van der Waals surface area contributed by atoms with Crippen LogP contribution in [-0.2, 0) is 0 Å². The van der Waals surface area contributed by atoms with E-state index in [0.29, 0.717) is 11.8 Å². The van der Waals surface area contributed by atoms with Crippen molar-refractivity contribution >= 4 is 10.8 Å². The van der Waals surface area contributed by atoms with Crippen molar-refractivity contribution in [1.82, 2.24) is 4.98 Å². The standard InChI is InChI=1S/C18H17NO/c1-13(2)18-16-11-7-6-8-14(16)12-17(19-18)20-15-9-4-3-5-10-15/h3-13H,1-2H3. The maximum absolute atomic E-state index is 5.87. The van der Waals surface area contributed by atoms with Gasteiger partial charge in [-0.1, -0.05) is 56.3 Å². The van der Waals surface area contributed by atoms with Crippen LogP contribution in [0.2, 0.25) is 0 Å². The van der Waals surface area contributed by atoms with Crippen LogP contribution in [0.4, 0.5) is 0 Å². The average molecular weight is 263 g/mol. The summed E-state index contributed by atoms with van der Waals surface area (Å²) in [6, 6.07) is 20.1. The summed E-state index contributed by atoms with van der Waals surface area (Å²) in [7, 11) is 0. The third kappa shape index (κ3) is 2.50. The predicted octanol–water partition coefficient (Wildman–Crippen LogP) is 5.15. The first kappa shape index (κ1) is 12.7. The second-order valence-corrected chi connectivity index (χ2v) is 5.14. The number of para-hydroxylation sites is 1. The van der Waals surface area contributed by atoms with Crippen molar-refractivity contribution in [3.05, 3.63) is 66.4 Å². The van der Waals surface area contributed by atoms with Gasteiger partial charge in [-0.15, -0.1) is 0 Å². The van der Waals surface area contributed by atoms with Gasteiger partial charge in [0.25, 0.3) is 0 Å². The third-order valence-corrected chi connectivity index (χ3v) is 3.26. The molecule has 0 aliphatic heterocycles. The van der Waals surface area contributed by atoms with Crippen LogP contribution in [0.15, 0.2) is 60.7 Å². The van der Waals surface area contributed by atoms with Crippen LogP contribution in [-0.4, -0.2) is 4.98 Å². The number of nitrogens with zero attached hydrogens (tertiary/aromatic N) is 1. The van der Waals surface area contributed by atoms with Crippen LogP contribution in [0, 0.1) is 0 Å². The molecule has 3 rings (SSSR count). The van der Waals surface area contributed by atoms with E-state index in [1.54, 1.807) is 0 Å². The second-order valence-electron chi connectivity index (χ2n) is 5.14. The zero-order valence-corrected chi connectivity index (χ0v) is 11.7. The molecule has 0 saturated carbocycles. The van der Waals surface area contributed by atoms with E-state index in [1.165, 1.54) is 5.39 Å². The molecule has 1 heterocycles. The van der Waals surface area contributed by atoms with Gasteiger partial charge in [-0.2, -0.15) is 0 Å². The molecule has 3 aromatic rings. The molecule has 0 atom stereocenters. The quantitative estimate of drug-likeness (QED) is 0.652. The number of ether oxygens (including phenoxy) is 1. The maximum Gasteiger partial charge on any atom is 0.220 e. The Balaban J connectivity index is 2.08. The van der Waals surface area contributed by atoms with Crippen LogP contribution in [0.25, 0.3) is 10.8 Å². The molecule has 2 nitrogen and oxygen atoms in total. The normalized spacial score (nSPS) is 10.9. The van der Waals surface area contributed by atoms with E-state index in [2.05, 4.69) is 31.0 Å². The van der Waals surface area contributed by atoms with Crippen LogP contribution >= 0.6 is 0 Å². The average Bonchev–Trinajstić information content (AvgIpc) is 2.47. The van der Waals surface area contributed by atoms with Gasteiger partial charge in [-0.05, 0) is 23.4 Å². The molecule has 0 saturated heterocycles. The van der Waals surface area contributed by atoms with Crippen LogP contribution in [0.3, 0.4) is 0 Å². The number of aromatic nitrogens is 1. The van der Waals surface area contributed by atoms with Gasteiger partial charge in [-0.3, -0.25) is 0 Å². The Labute approximate surface area is 119 Å². The summed E-state index contributed by atoms with van der Waals surface area (Å²) in [5.41, 5.74) is 1.08. The monoisotopic (exact) mass is 263 g/mol. The lowest BCUT2D eigenvalue weighted by Gasteiger charge is -2.12. The molecule has 0 bridgehead atoms. The Morgan fingerprint density at radius 1 is 0.900 bits per heavy atom. The number of pyridine rings is 1. The minimum absolute atomic E-state index is 0.360. The fourth-order valence-corrected chi connectivity index (χ4v) is 2.30. The molecule has 100 valence electrons. The Morgan fingerprint density at radius 3 is 2.35 bits per heavy atom. The first-order chi connectivity index (χ1) is 9.74. The largest absolute Gasteiger partial charge is 0.439 e. The van der Waals surface area contributed by atoms with Crippen molar-refractivity contribution in [3.63, 3.8) is 0 Å². The number of hydrogen-bond acceptors (Lipinski definition) is 2. The Hall–Kier alpha value is -2.35. The van der Waals surface area contributed by atoms with Gasteiger partial charge in [-0.25, -0.2) is 4.98 Å². The second kappa shape index (κ2) is 5.33. The number of fused-ring (bicyclic) bond motifs is 1. The molecule has 0 N–H and O–H groups in total. The van der Waals surface area contributed by atoms with Gasteiger partial charge in [0.1, 0.15) is 5.75 Å². The Bertz CT molecular complexity index is 720. The molecule has 20 heavy (non-hydrogen) atoms. The van der Waals surface area contributed by atoms with Gasteiger partial charge in [0.15, 0.2) is 0 Å². The molecular weight excluding hydrogens is 246 g/mol. The van der Waals surface area contributed by atoms with Crippen molar-refractivity contribution in [3.8, 4) is 11.6 Å². The molecule has 2 heteroatoms. The summed E-state index contributed by atoms with van der Waals surface area (Å²) in [6.45, 7) is 4.31. The minimum Gasteiger partial charge on any atom is -0.439 e. The third-order valence-electron chi connectivity index (χ3n) is 3.26. The zero-order valence-electron chi connectivity index (χ0n) is 11.7. The van der Waals surface area contributed by atoms with Gasteiger partial charge in [0, 0.05) is 11.5 Å². The highest BCUT2D eigenvalue weighted by atomic mass is 16.5. The first-order valence-electron chi connectivity index (χ1n) is 6.86. The number of rotatable bonds is 3. The van der Waals surface area contributed by atoms with Gasteiger partial charge in [0.05, 0.1) is 5.69 Å². The Morgan fingerprint density at radius 2 is 1.60 bits per heavy atom. The fraction of sp³-hybridized carbons (Fsp3) is 0.167. The van der Waals surface area contributed by atoms with E-state index in [0.717, 1.165) is 16.8 Å². The molecule has 0 amide bonds. The molecule has 1 aromatic heterocycles. The summed E-state index contributed by atoms with van der Waals surface area (Å²) in [5, 5.41) is 2.36. The number of hydrogen-bond donors (Lipinski definition) is 0. The lowest BCUT2D eigenvalue weighted by molar-refractivity contribution is 0.461. The molecule has 0 aliphatic carbocycles. The molecular formula is C18H17NO.